The Morgan fingerprint density at radius 3 is 2.39 bits per heavy atom. The fourth-order valence-electron chi connectivity index (χ4n) is 2.53. The van der Waals surface area contributed by atoms with Gasteiger partial charge in [-0.05, 0) is 13.0 Å². The number of imide groups is 1. The van der Waals surface area contributed by atoms with Gasteiger partial charge in [0, 0.05) is 25.9 Å². The third kappa shape index (κ3) is 5.55. The molecule has 0 radical (unpaired) electrons. The maximum absolute atomic E-state index is 14.6. The van der Waals surface area contributed by atoms with E-state index in [-0.39, 0.29) is 28.6 Å². The monoisotopic (exact) mass is 493 g/mol. The van der Waals surface area contributed by atoms with Crippen molar-refractivity contribution in [3.8, 4) is 5.75 Å². The summed E-state index contributed by atoms with van der Waals surface area (Å²) < 4.78 is 24.7. The molecule has 1 fully saturated rings. The number of thioether (sulfide) groups is 1. The molecule has 1 aromatic carbocycles. The van der Waals surface area contributed by atoms with E-state index >= 15 is 0 Å². The standard InChI is InChI=1S/C18H21ClFN3O6S2/c1-9(15(25)31-6-5-14(24)28-4)29-13-8-12(11(20)7-10(13)19)23-16(26)21(2)18(30)22(3)17(23)27/h7-9,18,30H,5-6H2,1-4H3. The maximum Gasteiger partial charge on any atom is 0.334 e. The number of anilines is 1. The smallest absolute Gasteiger partial charge is 0.334 e. The minimum Gasteiger partial charge on any atom is -0.480 e. The van der Waals surface area contributed by atoms with Gasteiger partial charge in [-0.15, -0.1) is 12.6 Å². The van der Waals surface area contributed by atoms with Crippen molar-refractivity contribution in [2.24, 2.45) is 0 Å². The van der Waals surface area contributed by atoms with Crippen LogP contribution in [-0.2, 0) is 14.3 Å². The number of carbonyl (C=O) groups excluding carboxylic acids is 4. The molecule has 13 heteroatoms. The highest BCUT2D eigenvalue weighted by molar-refractivity contribution is 8.13. The molecule has 1 atom stereocenters. The first-order chi connectivity index (χ1) is 14.5. The number of methoxy groups -OCH3 is 1. The summed E-state index contributed by atoms with van der Waals surface area (Å²) in [4.78, 5) is 51.5. The molecular weight excluding hydrogens is 473 g/mol. The molecule has 0 N–H and O–H groups in total. The van der Waals surface area contributed by atoms with Gasteiger partial charge >= 0.3 is 18.0 Å². The molecular formula is C18H21ClFN3O6S2. The van der Waals surface area contributed by atoms with E-state index in [9.17, 15) is 23.6 Å². The Morgan fingerprint density at radius 1 is 1.26 bits per heavy atom. The van der Waals surface area contributed by atoms with E-state index in [1.807, 2.05) is 0 Å². The van der Waals surface area contributed by atoms with Gasteiger partial charge in [-0.1, -0.05) is 23.4 Å². The quantitative estimate of drug-likeness (QED) is 0.460. The highest BCUT2D eigenvalue weighted by atomic mass is 35.5. The molecule has 1 aliphatic rings. The molecule has 0 bridgehead atoms. The molecule has 1 unspecified atom stereocenters. The van der Waals surface area contributed by atoms with Crippen LogP contribution in [-0.4, -0.2) is 71.5 Å². The first-order valence-corrected chi connectivity index (χ1v) is 10.8. The van der Waals surface area contributed by atoms with Crippen LogP contribution in [0, 0.1) is 5.82 Å². The lowest BCUT2D eigenvalue weighted by atomic mass is 10.2. The average molecular weight is 494 g/mol. The molecule has 170 valence electrons. The molecule has 0 saturated carbocycles. The first kappa shape index (κ1) is 25.1. The van der Waals surface area contributed by atoms with Crippen LogP contribution in [0.3, 0.4) is 0 Å². The van der Waals surface area contributed by atoms with Crippen molar-refractivity contribution in [3.05, 3.63) is 23.0 Å². The lowest BCUT2D eigenvalue weighted by Gasteiger charge is -2.41. The molecule has 2 rings (SSSR count). The summed E-state index contributed by atoms with van der Waals surface area (Å²) in [6, 6.07) is 0.383. The largest absolute Gasteiger partial charge is 0.480 e. The fourth-order valence-corrected chi connectivity index (χ4v) is 3.68. The Hall–Kier alpha value is -2.18. The molecule has 4 amide bonds. The van der Waals surface area contributed by atoms with Gasteiger partial charge in [0.2, 0.25) is 5.12 Å². The third-order valence-electron chi connectivity index (χ3n) is 4.33. The van der Waals surface area contributed by atoms with Crippen molar-refractivity contribution >= 4 is 64.8 Å². The van der Waals surface area contributed by atoms with Crippen molar-refractivity contribution in [1.82, 2.24) is 9.80 Å². The van der Waals surface area contributed by atoms with Crippen molar-refractivity contribution in [1.29, 1.82) is 0 Å². The van der Waals surface area contributed by atoms with Crippen LogP contribution in [0.4, 0.5) is 19.7 Å². The molecule has 9 nitrogen and oxygen atoms in total. The topological polar surface area (TPSA) is 96.5 Å². The van der Waals surface area contributed by atoms with Crippen LogP contribution in [0.5, 0.6) is 5.75 Å². The number of carbonyl (C=O) groups is 4. The Balaban J connectivity index is 2.23. The summed E-state index contributed by atoms with van der Waals surface area (Å²) in [7, 11) is 4.07. The van der Waals surface area contributed by atoms with Crippen LogP contribution >= 0.6 is 36.0 Å². The highest BCUT2D eigenvalue weighted by Crippen LogP contribution is 2.36. The molecule has 1 aromatic rings. The number of amides is 4. The van der Waals surface area contributed by atoms with Gasteiger partial charge in [0.15, 0.2) is 11.6 Å². The van der Waals surface area contributed by atoms with E-state index in [4.69, 9.17) is 16.3 Å². The molecule has 31 heavy (non-hydrogen) atoms. The number of halogens is 2. The first-order valence-electron chi connectivity index (χ1n) is 8.90. The van der Waals surface area contributed by atoms with Gasteiger partial charge in [0.1, 0.15) is 11.6 Å². The number of hydrogen-bond donors (Lipinski definition) is 1. The Labute approximate surface area is 193 Å². The molecule has 1 heterocycles. The number of urea groups is 2. The fraction of sp³-hybridized carbons (Fsp3) is 0.444. The van der Waals surface area contributed by atoms with Gasteiger partial charge < -0.3 is 9.47 Å². The number of benzene rings is 1. The number of esters is 1. The number of nitrogens with zero attached hydrogens (tertiary/aromatic N) is 3. The molecule has 0 aliphatic carbocycles. The van der Waals surface area contributed by atoms with Crippen molar-refractivity contribution < 1.29 is 33.0 Å². The van der Waals surface area contributed by atoms with Gasteiger partial charge in [-0.25, -0.2) is 18.9 Å². The molecule has 1 aliphatic heterocycles. The Bertz CT molecular complexity index is 883. The minimum atomic E-state index is -1.00. The Kier molecular flexibility index (Phi) is 8.43. The minimum absolute atomic E-state index is 0.0490. The predicted octanol–water partition coefficient (Wildman–Crippen LogP) is 3.21. The summed E-state index contributed by atoms with van der Waals surface area (Å²) >= 11 is 11.1. The van der Waals surface area contributed by atoms with Gasteiger partial charge in [-0.3, -0.25) is 19.4 Å². The molecule has 0 aromatic heterocycles. The van der Waals surface area contributed by atoms with Crippen LogP contribution in [0.2, 0.25) is 5.02 Å². The highest BCUT2D eigenvalue weighted by Gasteiger charge is 2.41. The van der Waals surface area contributed by atoms with E-state index < -0.39 is 40.6 Å². The summed E-state index contributed by atoms with van der Waals surface area (Å²) in [6.07, 6.45) is -0.952. The van der Waals surface area contributed by atoms with E-state index in [1.165, 1.54) is 28.1 Å². The number of thiol groups is 1. The second kappa shape index (κ2) is 10.4. The maximum atomic E-state index is 14.6. The zero-order chi connectivity index (χ0) is 23.5. The predicted molar refractivity (Wildman–Crippen MR) is 117 cm³/mol. The second-order valence-corrected chi connectivity index (χ2v) is 8.42. The summed E-state index contributed by atoms with van der Waals surface area (Å²) in [5.74, 6) is -1.27. The van der Waals surface area contributed by atoms with Crippen molar-refractivity contribution in [2.75, 3.05) is 31.9 Å². The lowest BCUT2D eigenvalue weighted by Crippen LogP contribution is -2.62. The lowest BCUT2D eigenvalue weighted by molar-refractivity contribution is -0.140. The number of hydrogen-bond acceptors (Lipinski definition) is 8. The van der Waals surface area contributed by atoms with Gasteiger partial charge in [0.25, 0.3) is 0 Å². The van der Waals surface area contributed by atoms with Crippen LogP contribution in [0.25, 0.3) is 0 Å². The molecule has 1 saturated heterocycles. The van der Waals surface area contributed by atoms with E-state index in [1.54, 1.807) is 0 Å². The van der Waals surface area contributed by atoms with E-state index in [0.29, 0.717) is 4.90 Å². The number of ether oxygens (including phenoxy) is 2. The second-order valence-electron chi connectivity index (χ2n) is 6.46. The Morgan fingerprint density at radius 2 is 1.84 bits per heavy atom. The summed E-state index contributed by atoms with van der Waals surface area (Å²) in [6.45, 7) is 1.46. The van der Waals surface area contributed by atoms with Gasteiger partial charge in [0.05, 0.1) is 24.2 Å². The normalized spacial score (nSPS) is 15.9. The van der Waals surface area contributed by atoms with E-state index in [2.05, 4.69) is 17.4 Å². The van der Waals surface area contributed by atoms with E-state index in [0.717, 1.165) is 33.7 Å². The van der Waals surface area contributed by atoms with Crippen LogP contribution in [0.1, 0.15) is 13.3 Å². The average Bonchev–Trinajstić information content (AvgIpc) is 2.73. The van der Waals surface area contributed by atoms with Crippen LogP contribution in [0.15, 0.2) is 12.1 Å². The van der Waals surface area contributed by atoms with Crippen LogP contribution < -0.4 is 9.64 Å². The zero-order valence-corrected chi connectivity index (χ0v) is 19.6. The zero-order valence-electron chi connectivity index (χ0n) is 17.1. The number of rotatable bonds is 7. The molecule has 0 spiro atoms. The summed E-state index contributed by atoms with van der Waals surface area (Å²) in [5.41, 5.74) is -1.20. The van der Waals surface area contributed by atoms with Gasteiger partial charge in [-0.2, -0.15) is 0 Å². The van der Waals surface area contributed by atoms with Crippen molar-refractivity contribution in [2.45, 2.75) is 24.9 Å². The third-order valence-corrected chi connectivity index (χ3v) is 6.35. The summed E-state index contributed by atoms with van der Waals surface area (Å²) in [5, 5.41) is -0.542. The van der Waals surface area contributed by atoms with Crippen molar-refractivity contribution in [3.63, 3.8) is 0 Å². The SMILES string of the molecule is COC(=O)CCSC(=O)C(C)Oc1cc(N2C(=O)N(C)C(S)N(C)C2=O)c(F)cc1Cl.